The van der Waals surface area contributed by atoms with Gasteiger partial charge in [-0.25, -0.2) is 0 Å². The Bertz CT molecular complexity index is 720. The quantitative estimate of drug-likeness (QED) is 0.275. The second-order valence-electron chi connectivity index (χ2n) is 6.37. The Morgan fingerprint density at radius 2 is 0.828 bits per heavy atom. The van der Waals surface area contributed by atoms with E-state index >= 15 is 0 Å². The summed E-state index contributed by atoms with van der Waals surface area (Å²) >= 11 is 1.14. The van der Waals surface area contributed by atoms with Crippen LogP contribution in [0.1, 0.15) is 32.1 Å². The van der Waals surface area contributed by atoms with Gasteiger partial charge in [0, 0.05) is 0 Å². The molecule has 1 fully saturated rings. The summed E-state index contributed by atoms with van der Waals surface area (Å²) in [5.74, 6) is 0. The van der Waals surface area contributed by atoms with Gasteiger partial charge in [0.05, 0.1) is 0 Å². The SMILES string of the molecule is C1CCCC1.C=[C]=[Fe+].[C-]#[O+].c1cc[c]([Sn]([c]2ccccc2)[c]2ccccc2)cc1. The molecule has 0 heterocycles. The van der Waals surface area contributed by atoms with E-state index in [9.17, 15) is 0 Å². The van der Waals surface area contributed by atoms with E-state index in [4.69, 9.17) is 4.65 Å². The Morgan fingerprint density at radius 1 is 0.621 bits per heavy atom. The van der Waals surface area contributed by atoms with E-state index in [0.29, 0.717) is 0 Å². The normalized spacial score (nSPS) is 11.4. The van der Waals surface area contributed by atoms with Gasteiger partial charge in [0.15, 0.2) is 0 Å². The molecule has 29 heavy (non-hydrogen) atoms. The van der Waals surface area contributed by atoms with E-state index < -0.39 is 19.8 Å². The van der Waals surface area contributed by atoms with Crippen LogP contribution in [-0.2, 0) is 20.2 Å². The van der Waals surface area contributed by atoms with Crippen LogP contribution in [0.2, 0.25) is 0 Å². The Hall–Kier alpha value is -1.63. The van der Waals surface area contributed by atoms with Crippen molar-refractivity contribution in [2.24, 2.45) is 0 Å². The molecule has 148 valence electrons. The van der Waals surface area contributed by atoms with Crippen molar-refractivity contribution in [2.45, 2.75) is 32.1 Å². The first-order chi connectivity index (χ1) is 14.4. The summed E-state index contributed by atoms with van der Waals surface area (Å²) in [7, 11) is 0. The Labute approximate surface area is 190 Å². The average Bonchev–Trinajstić information content (AvgIpc) is 3.39. The molecule has 3 heteroatoms. The molecule has 3 aromatic carbocycles. The van der Waals surface area contributed by atoms with Gasteiger partial charge in [0.25, 0.3) is 0 Å². The van der Waals surface area contributed by atoms with Gasteiger partial charge in [-0.2, -0.15) is 0 Å². The summed E-state index contributed by atoms with van der Waals surface area (Å²) in [6, 6.07) is 32.9. The third kappa shape index (κ3) is 10.1. The van der Waals surface area contributed by atoms with E-state index in [2.05, 4.69) is 124 Å². The predicted molar refractivity (Wildman–Crippen MR) is 122 cm³/mol. The fourth-order valence-electron chi connectivity index (χ4n) is 3.20. The van der Waals surface area contributed by atoms with E-state index in [1.807, 2.05) is 0 Å². The third-order valence-electron chi connectivity index (χ3n) is 4.44. The molecular formula is C26H27FeOSn+. The van der Waals surface area contributed by atoms with Crippen LogP contribution in [0.5, 0.6) is 0 Å². The molecule has 1 radical (unpaired) electrons. The molecular weight excluding hydrogens is 503 g/mol. The zero-order valence-corrected chi connectivity index (χ0v) is 20.6. The van der Waals surface area contributed by atoms with Gasteiger partial charge in [-0.15, -0.1) is 0 Å². The first-order valence-corrected chi connectivity index (χ1v) is 14.5. The van der Waals surface area contributed by atoms with Crippen LogP contribution in [0.25, 0.3) is 0 Å². The van der Waals surface area contributed by atoms with Crippen molar-refractivity contribution in [3.63, 3.8) is 0 Å². The molecule has 1 aliphatic carbocycles. The zero-order chi connectivity index (χ0) is 21.2. The molecule has 1 aliphatic rings. The van der Waals surface area contributed by atoms with E-state index in [1.54, 1.807) is 0 Å². The first kappa shape index (κ1) is 25.4. The van der Waals surface area contributed by atoms with Crippen molar-refractivity contribution >= 4 is 35.1 Å². The molecule has 4 rings (SSSR count). The molecule has 0 N–H and O–H groups in total. The molecule has 1 nitrogen and oxygen atoms in total. The van der Waals surface area contributed by atoms with Crippen molar-refractivity contribution in [3.8, 4) is 0 Å². The van der Waals surface area contributed by atoms with Crippen molar-refractivity contribution in [3.05, 3.63) is 104 Å². The minimum atomic E-state index is -1.98. The standard InChI is InChI=1S/3C6H5.C5H10.C2H2.CO.Fe.Sn/c3*1-2-4-6-5-3-1;1-2-4-5-3-1;2*1-2;;/h3*1-5H;1-5H2;1H2;;;/q;;;;;;+1;. The van der Waals surface area contributed by atoms with Crippen LogP contribution in [-0.4, -0.2) is 24.3 Å². The Kier molecular flexibility index (Phi) is 15.1. The van der Waals surface area contributed by atoms with Gasteiger partial charge in [-0.05, 0) is 0 Å². The molecule has 0 atom stereocenters. The number of hydrogen-bond donors (Lipinski definition) is 0. The molecule has 1 saturated carbocycles. The maximum absolute atomic E-state index is 7.50. The third-order valence-corrected chi connectivity index (χ3v) is 12.2. The number of rotatable bonds is 3. The fraction of sp³-hybridized carbons (Fsp3) is 0.192. The van der Waals surface area contributed by atoms with Crippen LogP contribution >= 0.6 is 0 Å². The van der Waals surface area contributed by atoms with Crippen molar-refractivity contribution in [1.82, 2.24) is 0 Å². The van der Waals surface area contributed by atoms with Crippen molar-refractivity contribution < 1.29 is 20.2 Å². The second-order valence-corrected chi connectivity index (χ2v) is 13.8. The first-order valence-electron chi connectivity index (χ1n) is 9.72. The van der Waals surface area contributed by atoms with Gasteiger partial charge in [-0.1, -0.05) is 32.1 Å². The maximum atomic E-state index is 7.50. The van der Waals surface area contributed by atoms with E-state index in [0.717, 1.165) is 0 Å². The van der Waals surface area contributed by atoms with E-state index in [1.165, 1.54) is 42.8 Å². The van der Waals surface area contributed by atoms with E-state index in [-0.39, 0.29) is 0 Å². The van der Waals surface area contributed by atoms with Crippen LogP contribution in [0, 0.1) is 6.65 Å². The molecule has 0 bridgehead atoms. The molecule has 0 spiro atoms. The Morgan fingerprint density at radius 3 is 1.03 bits per heavy atom. The van der Waals surface area contributed by atoms with Crippen molar-refractivity contribution in [2.75, 3.05) is 0 Å². The molecule has 3 aromatic rings. The molecule has 0 unspecified atom stereocenters. The summed E-state index contributed by atoms with van der Waals surface area (Å²) < 4.78 is 14.3. The summed E-state index contributed by atoms with van der Waals surface area (Å²) in [6.45, 7) is 7.62. The van der Waals surface area contributed by atoms with Gasteiger partial charge >= 0.3 is 160 Å². The van der Waals surface area contributed by atoms with Gasteiger partial charge < -0.3 is 0 Å². The van der Waals surface area contributed by atoms with Crippen LogP contribution < -0.4 is 10.7 Å². The molecule has 0 saturated heterocycles. The number of hydrogen-bond acceptors (Lipinski definition) is 0. The van der Waals surface area contributed by atoms with Gasteiger partial charge in [-0.3, -0.25) is 0 Å². The minimum absolute atomic E-state index is 1.50. The topological polar surface area (TPSA) is 19.9 Å². The van der Waals surface area contributed by atoms with Crippen LogP contribution in [0.3, 0.4) is 0 Å². The zero-order valence-electron chi connectivity index (χ0n) is 16.7. The van der Waals surface area contributed by atoms with Crippen LogP contribution in [0.15, 0.2) is 97.6 Å². The van der Waals surface area contributed by atoms with Crippen molar-refractivity contribution in [1.29, 1.82) is 0 Å². The summed E-state index contributed by atoms with van der Waals surface area (Å²) in [5.41, 5.74) is 0. The Balaban J connectivity index is 0.000000351. The number of benzene rings is 3. The monoisotopic (exact) mass is 531 g/mol. The second kappa shape index (κ2) is 17.2. The molecule has 0 aromatic heterocycles. The average molecular weight is 530 g/mol. The van der Waals surface area contributed by atoms with Crippen LogP contribution in [0.4, 0.5) is 0 Å². The summed E-state index contributed by atoms with van der Waals surface area (Å²) in [5, 5.41) is 0. The van der Waals surface area contributed by atoms with Gasteiger partial charge in [0.2, 0.25) is 0 Å². The molecule has 0 aliphatic heterocycles. The fourth-order valence-corrected chi connectivity index (χ4v) is 10.6. The summed E-state index contributed by atoms with van der Waals surface area (Å²) in [6.07, 6.45) is 7.50. The predicted octanol–water partition coefficient (Wildman–Crippen LogP) is 4.24. The molecule has 0 amide bonds. The summed E-state index contributed by atoms with van der Waals surface area (Å²) in [4.78, 5) is 0. The van der Waals surface area contributed by atoms with Gasteiger partial charge in [0.1, 0.15) is 0 Å².